The third-order valence-electron chi connectivity index (χ3n) is 6.49. The summed E-state index contributed by atoms with van der Waals surface area (Å²) in [6, 6.07) is 13.6. The molecule has 0 aliphatic carbocycles. The molecule has 1 unspecified atom stereocenters. The van der Waals surface area contributed by atoms with Gasteiger partial charge in [-0.05, 0) is 71.7 Å². The SMILES string of the molecule is COc1cc(C)c(S(=O)(=O)N(C)CC(=O)NCC(=O)N(C)CC2CCN(Cc3ccccc3)C2)c(I)c1. The topological polar surface area (TPSA) is 99.3 Å². The highest BCUT2D eigenvalue weighted by molar-refractivity contribution is 14.1. The van der Waals surface area contributed by atoms with E-state index in [1.54, 1.807) is 31.0 Å². The molecule has 0 spiro atoms. The highest BCUT2D eigenvalue weighted by Crippen LogP contribution is 2.29. The van der Waals surface area contributed by atoms with Crippen molar-refractivity contribution in [2.75, 3.05) is 53.9 Å². The lowest BCUT2D eigenvalue weighted by atomic mass is 10.1. The number of carbonyl (C=O) groups is 2. The maximum Gasteiger partial charge on any atom is 0.244 e. The number of halogens is 1. The highest BCUT2D eigenvalue weighted by Gasteiger charge is 2.28. The number of carbonyl (C=O) groups excluding carboxylic acids is 2. The quantitative estimate of drug-likeness (QED) is 0.378. The molecule has 1 aliphatic rings. The molecule has 0 saturated carbocycles. The second kappa shape index (κ2) is 13.0. The molecule has 202 valence electrons. The van der Waals surface area contributed by atoms with Crippen LogP contribution in [0.15, 0.2) is 47.4 Å². The number of rotatable bonds is 11. The Morgan fingerprint density at radius 3 is 2.54 bits per heavy atom. The van der Waals surface area contributed by atoms with E-state index in [4.69, 9.17) is 4.74 Å². The van der Waals surface area contributed by atoms with Crippen molar-refractivity contribution >= 4 is 44.4 Å². The number of likely N-dealkylation sites (N-methyl/N-ethyl adjacent to an activating group) is 2. The molecule has 0 radical (unpaired) electrons. The number of ether oxygens (including phenoxy) is 1. The van der Waals surface area contributed by atoms with Crippen molar-refractivity contribution in [3.8, 4) is 5.75 Å². The Bertz CT molecular complexity index is 1190. The van der Waals surface area contributed by atoms with E-state index in [0.717, 1.165) is 30.4 Å². The summed E-state index contributed by atoms with van der Waals surface area (Å²) in [6.07, 6.45) is 1.02. The Labute approximate surface area is 233 Å². The third kappa shape index (κ3) is 7.88. The molecule has 2 aromatic carbocycles. The summed E-state index contributed by atoms with van der Waals surface area (Å²) in [4.78, 5) is 29.3. The van der Waals surface area contributed by atoms with Crippen LogP contribution in [0.4, 0.5) is 0 Å². The number of aryl methyl sites for hydroxylation is 1. The van der Waals surface area contributed by atoms with E-state index in [1.807, 2.05) is 40.8 Å². The van der Waals surface area contributed by atoms with Gasteiger partial charge in [0.15, 0.2) is 0 Å². The van der Waals surface area contributed by atoms with Crippen LogP contribution in [0.3, 0.4) is 0 Å². The zero-order chi connectivity index (χ0) is 27.2. The molecule has 37 heavy (non-hydrogen) atoms. The predicted octanol–water partition coefficient (Wildman–Crippen LogP) is 2.33. The fourth-order valence-corrected chi connectivity index (χ4v) is 7.43. The van der Waals surface area contributed by atoms with Crippen molar-refractivity contribution in [1.82, 2.24) is 19.4 Å². The largest absolute Gasteiger partial charge is 0.497 e. The average Bonchev–Trinajstić information content (AvgIpc) is 3.28. The molecule has 1 N–H and O–H groups in total. The van der Waals surface area contributed by atoms with E-state index >= 15 is 0 Å². The second-order valence-electron chi connectivity index (χ2n) is 9.44. The molecule has 1 saturated heterocycles. The van der Waals surface area contributed by atoms with Crippen LogP contribution in [0.5, 0.6) is 5.75 Å². The minimum absolute atomic E-state index is 0.137. The van der Waals surface area contributed by atoms with Crippen LogP contribution < -0.4 is 10.1 Å². The van der Waals surface area contributed by atoms with Gasteiger partial charge in [-0.25, -0.2) is 8.42 Å². The number of hydrogen-bond donors (Lipinski definition) is 1. The molecular weight excluding hydrogens is 607 g/mol. The van der Waals surface area contributed by atoms with Crippen LogP contribution >= 0.6 is 22.6 Å². The van der Waals surface area contributed by atoms with Gasteiger partial charge in [0, 0.05) is 37.3 Å². The summed E-state index contributed by atoms with van der Waals surface area (Å²) in [5, 5.41) is 2.56. The molecule has 1 atom stereocenters. The van der Waals surface area contributed by atoms with Crippen LogP contribution in [0.25, 0.3) is 0 Å². The predicted molar refractivity (Wildman–Crippen MR) is 151 cm³/mol. The van der Waals surface area contributed by atoms with Crippen molar-refractivity contribution < 1.29 is 22.7 Å². The normalized spacial score (nSPS) is 16.1. The Morgan fingerprint density at radius 1 is 1.19 bits per heavy atom. The molecule has 9 nitrogen and oxygen atoms in total. The van der Waals surface area contributed by atoms with E-state index in [-0.39, 0.29) is 17.3 Å². The van der Waals surface area contributed by atoms with Crippen molar-refractivity contribution in [2.45, 2.75) is 24.8 Å². The van der Waals surface area contributed by atoms with E-state index in [9.17, 15) is 18.0 Å². The molecule has 1 aliphatic heterocycles. The minimum atomic E-state index is -3.91. The number of likely N-dealkylation sites (tertiary alicyclic amines) is 1. The molecule has 1 fully saturated rings. The minimum Gasteiger partial charge on any atom is -0.497 e. The Morgan fingerprint density at radius 2 is 1.89 bits per heavy atom. The van der Waals surface area contributed by atoms with Crippen molar-refractivity contribution in [3.05, 3.63) is 57.2 Å². The van der Waals surface area contributed by atoms with Gasteiger partial charge in [0.05, 0.1) is 25.1 Å². The van der Waals surface area contributed by atoms with Gasteiger partial charge in [-0.2, -0.15) is 4.31 Å². The molecule has 0 aromatic heterocycles. The molecular formula is C26H35IN4O5S. The number of benzene rings is 2. The van der Waals surface area contributed by atoms with Gasteiger partial charge in [0.25, 0.3) is 0 Å². The first kappa shape index (κ1) is 29.3. The number of methoxy groups -OCH3 is 1. The van der Waals surface area contributed by atoms with Gasteiger partial charge in [-0.1, -0.05) is 30.3 Å². The van der Waals surface area contributed by atoms with Gasteiger partial charge < -0.3 is 15.0 Å². The number of hydrogen-bond acceptors (Lipinski definition) is 6. The van der Waals surface area contributed by atoms with Gasteiger partial charge in [-0.15, -0.1) is 0 Å². The summed E-state index contributed by atoms with van der Waals surface area (Å²) >= 11 is 1.95. The fraction of sp³-hybridized carbons (Fsp3) is 0.462. The van der Waals surface area contributed by atoms with Crippen LogP contribution in [0, 0.1) is 16.4 Å². The van der Waals surface area contributed by atoms with Gasteiger partial charge in [0.1, 0.15) is 5.75 Å². The number of sulfonamides is 1. The van der Waals surface area contributed by atoms with Crippen molar-refractivity contribution in [3.63, 3.8) is 0 Å². The lowest BCUT2D eigenvalue weighted by molar-refractivity contribution is -0.132. The monoisotopic (exact) mass is 642 g/mol. The van der Waals surface area contributed by atoms with E-state index in [0.29, 0.717) is 27.3 Å². The summed E-state index contributed by atoms with van der Waals surface area (Å²) in [6.45, 7) is 4.54. The lowest BCUT2D eigenvalue weighted by Gasteiger charge is -2.23. The summed E-state index contributed by atoms with van der Waals surface area (Å²) < 4.78 is 32.9. The van der Waals surface area contributed by atoms with E-state index < -0.39 is 22.5 Å². The van der Waals surface area contributed by atoms with Crippen LogP contribution in [0.1, 0.15) is 17.5 Å². The van der Waals surface area contributed by atoms with E-state index in [1.165, 1.54) is 19.7 Å². The second-order valence-corrected chi connectivity index (χ2v) is 12.6. The lowest BCUT2D eigenvalue weighted by Crippen LogP contribution is -2.44. The summed E-state index contributed by atoms with van der Waals surface area (Å²) in [7, 11) is 0.694. The first-order chi connectivity index (χ1) is 17.5. The van der Waals surface area contributed by atoms with Crippen LogP contribution in [-0.2, 0) is 26.2 Å². The number of nitrogens with zero attached hydrogens (tertiary/aromatic N) is 3. The first-order valence-electron chi connectivity index (χ1n) is 12.1. The first-order valence-corrected chi connectivity index (χ1v) is 14.6. The molecule has 2 aromatic rings. The van der Waals surface area contributed by atoms with Crippen LogP contribution in [0.2, 0.25) is 0 Å². The van der Waals surface area contributed by atoms with Gasteiger partial charge >= 0.3 is 0 Å². The van der Waals surface area contributed by atoms with E-state index in [2.05, 4.69) is 22.3 Å². The maximum absolute atomic E-state index is 13.1. The Balaban J connectivity index is 1.46. The Hall–Kier alpha value is -2.22. The van der Waals surface area contributed by atoms with Crippen molar-refractivity contribution in [1.29, 1.82) is 0 Å². The zero-order valence-electron chi connectivity index (χ0n) is 21.7. The third-order valence-corrected chi connectivity index (χ3v) is 9.71. The number of nitrogens with one attached hydrogen (secondary N) is 1. The fourth-order valence-electron chi connectivity index (χ4n) is 4.49. The molecule has 11 heteroatoms. The average molecular weight is 643 g/mol. The maximum atomic E-state index is 13.1. The van der Waals surface area contributed by atoms with Gasteiger partial charge in [-0.3, -0.25) is 14.5 Å². The van der Waals surface area contributed by atoms with Crippen molar-refractivity contribution in [2.24, 2.45) is 5.92 Å². The highest BCUT2D eigenvalue weighted by atomic mass is 127. The molecule has 3 rings (SSSR count). The summed E-state index contributed by atoms with van der Waals surface area (Å²) in [5.41, 5.74) is 1.81. The van der Waals surface area contributed by atoms with Gasteiger partial charge in [0.2, 0.25) is 21.8 Å². The molecule has 2 amide bonds. The molecule has 0 bridgehead atoms. The Kier molecular flexibility index (Phi) is 10.3. The molecule has 1 heterocycles. The zero-order valence-corrected chi connectivity index (χ0v) is 24.7. The summed E-state index contributed by atoms with van der Waals surface area (Å²) in [5.74, 6) is 0.190. The standard InChI is InChI=1S/C26H35IN4O5S/c1-19-12-22(36-4)13-23(27)26(19)37(34,35)30(3)18-24(32)28-14-25(33)29(2)15-21-10-11-31(17-21)16-20-8-6-5-7-9-20/h5-9,12-13,21H,10-11,14-18H2,1-4H3,(H,28,32). The number of amides is 2. The van der Waals surface area contributed by atoms with Crippen LogP contribution in [-0.4, -0.2) is 88.3 Å². The smallest absolute Gasteiger partial charge is 0.244 e.